The van der Waals surface area contributed by atoms with Crippen LogP contribution in [0.3, 0.4) is 0 Å². The van der Waals surface area contributed by atoms with E-state index in [1.807, 2.05) is 13.0 Å². The van der Waals surface area contributed by atoms with E-state index in [1.54, 1.807) is 49.4 Å². The van der Waals surface area contributed by atoms with Gasteiger partial charge >= 0.3 is 0 Å². The summed E-state index contributed by atoms with van der Waals surface area (Å²) >= 11 is 6.15. The summed E-state index contributed by atoms with van der Waals surface area (Å²) in [6, 6.07) is 13.4. The van der Waals surface area contributed by atoms with Crippen LogP contribution in [0.4, 0.5) is 11.4 Å². The number of halogens is 1. The number of hydrogen-bond donors (Lipinski definition) is 2. The van der Waals surface area contributed by atoms with Crippen molar-refractivity contribution in [3.05, 3.63) is 53.6 Å². The first kappa shape index (κ1) is 18.7. The highest BCUT2D eigenvalue weighted by Gasteiger charge is 2.31. The molecule has 1 heterocycles. The van der Waals surface area contributed by atoms with E-state index in [0.29, 0.717) is 28.8 Å². The van der Waals surface area contributed by atoms with Crippen molar-refractivity contribution in [2.24, 2.45) is 4.99 Å². The molecule has 0 saturated heterocycles. The van der Waals surface area contributed by atoms with Gasteiger partial charge in [0.05, 0.1) is 23.0 Å². The second-order valence-electron chi connectivity index (χ2n) is 5.78. The zero-order chi connectivity index (χ0) is 19.4. The molecule has 0 bridgehead atoms. The summed E-state index contributed by atoms with van der Waals surface area (Å²) in [7, 11) is 0. The number of ether oxygens (including phenoxy) is 1. The largest absolute Gasteiger partial charge is 0.490 e. The molecule has 2 aromatic rings. The van der Waals surface area contributed by atoms with Crippen molar-refractivity contribution in [2.45, 2.75) is 19.9 Å². The molecule has 8 heteroatoms. The first-order valence-corrected chi connectivity index (χ1v) is 8.85. The molecule has 1 aliphatic rings. The molecular weight excluding hydrogens is 368 g/mol. The summed E-state index contributed by atoms with van der Waals surface area (Å²) in [4.78, 5) is 29.3. The van der Waals surface area contributed by atoms with Crippen LogP contribution in [0.5, 0.6) is 5.75 Å². The van der Waals surface area contributed by atoms with Gasteiger partial charge in [-0.2, -0.15) is 0 Å². The SMILES string of the molecule is CCOc1c(Cl)cccc1NC(=O)C1=NC(C)C(=O)N(c2ccccc2)N1. The highest BCUT2D eigenvalue weighted by atomic mass is 35.5. The topological polar surface area (TPSA) is 83.0 Å². The fourth-order valence-electron chi connectivity index (χ4n) is 2.58. The number of para-hydroxylation sites is 2. The first-order valence-electron chi connectivity index (χ1n) is 8.47. The third-order valence-electron chi connectivity index (χ3n) is 3.85. The highest BCUT2D eigenvalue weighted by Crippen LogP contribution is 2.33. The average molecular weight is 387 g/mol. The van der Waals surface area contributed by atoms with Gasteiger partial charge in [0.1, 0.15) is 6.04 Å². The van der Waals surface area contributed by atoms with Gasteiger partial charge in [0.25, 0.3) is 11.8 Å². The molecule has 0 aliphatic carbocycles. The van der Waals surface area contributed by atoms with Gasteiger partial charge < -0.3 is 10.1 Å². The lowest BCUT2D eigenvalue weighted by Crippen LogP contribution is -2.57. The van der Waals surface area contributed by atoms with Gasteiger partial charge in [0.2, 0.25) is 5.84 Å². The van der Waals surface area contributed by atoms with Crippen LogP contribution >= 0.6 is 11.6 Å². The van der Waals surface area contributed by atoms with E-state index in [0.717, 1.165) is 0 Å². The number of amidine groups is 1. The number of hydrazine groups is 1. The van der Waals surface area contributed by atoms with E-state index in [-0.39, 0.29) is 11.7 Å². The number of carbonyl (C=O) groups is 2. The van der Waals surface area contributed by atoms with Gasteiger partial charge in [-0.3, -0.25) is 15.0 Å². The van der Waals surface area contributed by atoms with Crippen molar-refractivity contribution in [3.63, 3.8) is 0 Å². The molecule has 27 heavy (non-hydrogen) atoms. The van der Waals surface area contributed by atoms with E-state index in [9.17, 15) is 9.59 Å². The maximum absolute atomic E-state index is 12.7. The number of hydrogen-bond acceptors (Lipinski definition) is 5. The van der Waals surface area contributed by atoms with Crippen LogP contribution in [-0.4, -0.2) is 30.3 Å². The maximum Gasteiger partial charge on any atom is 0.292 e. The molecule has 0 spiro atoms. The molecule has 2 aromatic carbocycles. The maximum atomic E-state index is 12.7. The van der Waals surface area contributed by atoms with Crippen molar-refractivity contribution in [3.8, 4) is 5.75 Å². The Labute approximate surface area is 162 Å². The quantitative estimate of drug-likeness (QED) is 0.827. The van der Waals surface area contributed by atoms with Crippen molar-refractivity contribution in [2.75, 3.05) is 16.9 Å². The van der Waals surface area contributed by atoms with Crippen molar-refractivity contribution >= 4 is 40.6 Å². The number of nitrogens with zero attached hydrogens (tertiary/aromatic N) is 2. The summed E-state index contributed by atoms with van der Waals surface area (Å²) in [5.74, 6) is -0.349. The van der Waals surface area contributed by atoms with Gasteiger partial charge in [0.15, 0.2) is 5.75 Å². The fourth-order valence-corrected chi connectivity index (χ4v) is 2.81. The Morgan fingerprint density at radius 1 is 1.26 bits per heavy atom. The predicted octanol–water partition coefficient (Wildman–Crippen LogP) is 3.02. The number of anilines is 2. The Morgan fingerprint density at radius 2 is 2.00 bits per heavy atom. The van der Waals surface area contributed by atoms with Gasteiger partial charge in [-0.25, -0.2) is 10.0 Å². The second kappa shape index (κ2) is 8.09. The molecule has 7 nitrogen and oxygen atoms in total. The Bertz CT molecular complexity index is 886. The van der Waals surface area contributed by atoms with Crippen LogP contribution in [0, 0.1) is 0 Å². The Balaban J connectivity index is 1.84. The minimum atomic E-state index is -0.696. The van der Waals surface area contributed by atoms with Crippen LogP contribution in [0.1, 0.15) is 13.8 Å². The summed E-state index contributed by atoms with van der Waals surface area (Å²) in [6.07, 6.45) is 0. The molecule has 2 amide bonds. The molecule has 1 unspecified atom stereocenters. The van der Waals surface area contributed by atoms with Crippen molar-refractivity contribution < 1.29 is 14.3 Å². The molecule has 1 aliphatic heterocycles. The normalized spacial score (nSPS) is 16.4. The second-order valence-corrected chi connectivity index (χ2v) is 6.19. The highest BCUT2D eigenvalue weighted by molar-refractivity contribution is 6.44. The number of aliphatic imine (C=N–C) groups is 1. The predicted molar refractivity (Wildman–Crippen MR) is 105 cm³/mol. The minimum absolute atomic E-state index is 0.0216. The van der Waals surface area contributed by atoms with E-state index < -0.39 is 11.9 Å². The Hall–Kier alpha value is -3.06. The van der Waals surface area contributed by atoms with Crippen LogP contribution in [0.2, 0.25) is 5.02 Å². The molecule has 1 atom stereocenters. The van der Waals surface area contributed by atoms with Gasteiger partial charge in [-0.1, -0.05) is 35.9 Å². The molecule has 2 N–H and O–H groups in total. The summed E-state index contributed by atoms with van der Waals surface area (Å²) in [5.41, 5.74) is 3.83. The fraction of sp³-hybridized carbons (Fsp3) is 0.211. The standard InChI is InChI=1S/C19H19ClN4O3/c1-3-27-16-14(20)10-7-11-15(16)22-18(25)17-21-12(2)19(26)24(23-17)13-8-5-4-6-9-13/h4-12H,3H2,1-2H3,(H,21,23)(H,22,25). The van der Waals surface area contributed by atoms with Crippen molar-refractivity contribution in [1.29, 1.82) is 0 Å². The third-order valence-corrected chi connectivity index (χ3v) is 4.15. The van der Waals surface area contributed by atoms with Crippen LogP contribution in [-0.2, 0) is 9.59 Å². The molecular formula is C19H19ClN4O3. The molecule has 140 valence electrons. The number of carbonyl (C=O) groups excluding carboxylic acids is 2. The van der Waals surface area contributed by atoms with E-state index >= 15 is 0 Å². The van der Waals surface area contributed by atoms with Crippen molar-refractivity contribution in [1.82, 2.24) is 5.43 Å². The zero-order valence-corrected chi connectivity index (χ0v) is 15.7. The van der Waals surface area contributed by atoms with E-state index in [2.05, 4.69) is 15.7 Å². The number of amides is 2. The van der Waals surface area contributed by atoms with Crippen LogP contribution in [0.25, 0.3) is 0 Å². The number of benzene rings is 2. The molecule has 3 rings (SSSR count). The minimum Gasteiger partial charge on any atom is -0.490 e. The first-order chi connectivity index (χ1) is 13.0. The smallest absolute Gasteiger partial charge is 0.292 e. The van der Waals surface area contributed by atoms with Gasteiger partial charge in [0, 0.05) is 0 Å². The summed E-state index contributed by atoms with van der Waals surface area (Å²) < 4.78 is 5.51. The lowest BCUT2D eigenvalue weighted by molar-refractivity contribution is -0.120. The van der Waals surface area contributed by atoms with Crippen LogP contribution in [0.15, 0.2) is 53.5 Å². The molecule has 0 saturated carbocycles. The van der Waals surface area contributed by atoms with Gasteiger partial charge in [-0.05, 0) is 38.1 Å². The van der Waals surface area contributed by atoms with E-state index in [1.165, 1.54) is 5.01 Å². The lowest BCUT2D eigenvalue weighted by Gasteiger charge is -2.30. The number of rotatable bonds is 5. The average Bonchev–Trinajstić information content (AvgIpc) is 2.67. The Morgan fingerprint density at radius 3 is 2.70 bits per heavy atom. The third kappa shape index (κ3) is 4.03. The lowest BCUT2D eigenvalue weighted by atomic mass is 10.2. The summed E-state index contributed by atoms with van der Waals surface area (Å²) in [6.45, 7) is 3.86. The van der Waals surface area contributed by atoms with Gasteiger partial charge in [-0.15, -0.1) is 0 Å². The molecule has 0 aromatic heterocycles. The van der Waals surface area contributed by atoms with Crippen LogP contribution < -0.4 is 20.5 Å². The number of nitrogens with one attached hydrogen (secondary N) is 2. The zero-order valence-electron chi connectivity index (χ0n) is 14.9. The molecule has 0 radical (unpaired) electrons. The summed E-state index contributed by atoms with van der Waals surface area (Å²) in [5, 5.41) is 4.44. The monoisotopic (exact) mass is 386 g/mol. The molecule has 0 fully saturated rings. The van der Waals surface area contributed by atoms with E-state index in [4.69, 9.17) is 16.3 Å². The Kier molecular flexibility index (Phi) is 5.61.